The highest BCUT2D eigenvalue weighted by molar-refractivity contribution is 6.29. The lowest BCUT2D eigenvalue weighted by atomic mass is 10.00. The van der Waals surface area contributed by atoms with Crippen molar-refractivity contribution in [3.63, 3.8) is 0 Å². The van der Waals surface area contributed by atoms with E-state index in [-0.39, 0.29) is 27.9 Å². The molecule has 0 radical (unpaired) electrons. The number of halogens is 1. The topological polar surface area (TPSA) is 97.1 Å². The zero-order valence-corrected chi connectivity index (χ0v) is 18.0. The molecule has 7 nitrogen and oxygen atoms in total. The number of pyridine rings is 1. The molecule has 2 N–H and O–H groups in total. The highest BCUT2D eigenvalue weighted by Gasteiger charge is 2.43. The van der Waals surface area contributed by atoms with Crippen LogP contribution >= 0.6 is 11.6 Å². The number of carboxylic acid groups (broad SMARTS) is 1. The van der Waals surface area contributed by atoms with Crippen molar-refractivity contribution in [1.29, 1.82) is 0 Å². The lowest BCUT2D eigenvalue weighted by molar-refractivity contribution is 0.0691. The first kappa shape index (κ1) is 20.3. The predicted octanol–water partition coefficient (Wildman–Crippen LogP) is 4.21. The highest BCUT2D eigenvalue weighted by atomic mass is 35.5. The zero-order chi connectivity index (χ0) is 21.8. The molecular weight excluding hydrogens is 404 g/mol. The number of anilines is 1. The van der Waals surface area contributed by atoms with Crippen molar-refractivity contribution in [2.45, 2.75) is 45.1 Å². The summed E-state index contributed by atoms with van der Waals surface area (Å²) in [7, 11) is 1.77. The van der Waals surface area contributed by atoms with Crippen molar-refractivity contribution >= 4 is 34.2 Å². The Morgan fingerprint density at radius 2 is 2.00 bits per heavy atom. The first-order valence-corrected chi connectivity index (χ1v) is 10.2. The van der Waals surface area contributed by atoms with Gasteiger partial charge in [0.15, 0.2) is 5.69 Å². The van der Waals surface area contributed by atoms with Crippen LogP contribution in [-0.2, 0) is 12.5 Å². The lowest BCUT2D eigenvalue weighted by Gasteiger charge is -2.21. The van der Waals surface area contributed by atoms with Crippen molar-refractivity contribution in [2.75, 3.05) is 5.32 Å². The van der Waals surface area contributed by atoms with Gasteiger partial charge in [-0.15, -0.1) is 0 Å². The SMILES string of the molecule is Cc1cc([C@@H](C)Nc2ccc(Cl)nc2C(=O)O)c2nc(C3(C)CC3)n(C)c(=O)c2c1. The smallest absolute Gasteiger partial charge is 0.356 e. The van der Waals surface area contributed by atoms with E-state index < -0.39 is 5.97 Å². The van der Waals surface area contributed by atoms with Gasteiger partial charge in [-0.25, -0.2) is 14.8 Å². The fourth-order valence-electron chi connectivity index (χ4n) is 3.86. The van der Waals surface area contributed by atoms with E-state index in [9.17, 15) is 14.7 Å². The largest absolute Gasteiger partial charge is 0.476 e. The standard InChI is InChI=1S/C22H23ClN4O3/c1-11-9-13(12(2)24-15-5-6-16(23)25-18(15)20(29)30)17-14(10-11)19(28)27(4)21(26-17)22(3)7-8-22/h5-6,9-10,12,24H,7-8H2,1-4H3,(H,29,30)/t12-/m1/s1. The first-order chi connectivity index (χ1) is 14.1. The molecule has 156 valence electrons. The summed E-state index contributed by atoms with van der Waals surface area (Å²) >= 11 is 5.86. The number of nitrogens with zero attached hydrogens (tertiary/aromatic N) is 3. The van der Waals surface area contributed by atoms with Crippen molar-refractivity contribution < 1.29 is 9.90 Å². The van der Waals surface area contributed by atoms with Gasteiger partial charge in [0.1, 0.15) is 11.0 Å². The second-order valence-corrected chi connectivity index (χ2v) is 8.70. The minimum absolute atomic E-state index is 0.0698. The van der Waals surface area contributed by atoms with Crippen molar-refractivity contribution in [1.82, 2.24) is 14.5 Å². The quantitative estimate of drug-likeness (QED) is 0.593. The first-order valence-electron chi connectivity index (χ1n) is 9.79. The number of rotatable bonds is 5. The number of benzene rings is 1. The van der Waals surface area contributed by atoms with E-state index in [4.69, 9.17) is 16.6 Å². The summed E-state index contributed by atoms with van der Waals surface area (Å²) in [6.45, 7) is 5.96. The minimum Gasteiger partial charge on any atom is -0.476 e. The Morgan fingerprint density at radius 3 is 2.63 bits per heavy atom. The Bertz CT molecular complexity index is 1250. The summed E-state index contributed by atoms with van der Waals surface area (Å²) < 4.78 is 1.66. The number of aromatic carboxylic acids is 1. The van der Waals surface area contributed by atoms with Gasteiger partial charge in [-0.3, -0.25) is 9.36 Å². The van der Waals surface area contributed by atoms with E-state index in [0.717, 1.165) is 29.8 Å². The van der Waals surface area contributed by atoms with Gasteiger partial charge in [-0.2, -0.15) is 0 Å². The summed E-state index contributed by atoms with van der Waals surface area (Å²) in [5.74, 6) is -0.381. The van der Waals surface area contributed by atoms with Crippen molar-refractivity contribution in [2.24, 2.45) is 7.05 Å². The Labute approximate surface area is 178 Å². The maximum absolute atomic E-state index is 13.1. The molecular formula is C22H23ClN4O3. The van der Waals surface area contributed by atoms with Crippen LogP contribution < -0.4 is 10.9 Å². The molecule has 0 saturated heterocycles. The number of aromatic nitrogens is 3. The van der Waals surface area contributed by atoms with Crippen LogP contribution in [0.1, 0.15) is 60.2 Å². The molecule has 30 heavy (non-hydrogen) atoms. The van der Waals surface area contributed by atoms with Crippen molar-refractivity contribution in [3.05, 3.63) is 62.4 Å². The molecule has 1 aliphatic rings. The number of aryl methyl sites for hydroxylation is 1. The Kier molecular flexibility index (Phi) is 4.81. The fraction of sp³-hybridized carbons (Fsp3) is 0.364. The molecule has 0 amide bonds. The van der Waals surface area contributed by atoms with Gasteiger partial charge >= 0.3 is 5.97 Å². The van der Waals surface area contributed by atoms with Crippen LogP contribution in [0.5, 0.6) is 0 Å². The molecule has 1 fully saturated rings. The summed E-state index contributed by atoms with van der Waals surface area (Å²) in [5, 5.41) is 13.4. The summed E-state index contributed by atoms with van der Waals surface area (Å²) in [6.07, 6.45) is 2.01. The third kappa shape index (κ3) is 3.43. The zero-order valence-electron chi connectivity index (χ0n) is 17.3. The van der Waals surface area contributed by atoms with E-state index >= 15 is 0 Å². The van der Waals surface area contributed by atoms with Gasteiger partial charge in [0.2, 0.25) is 0 Å². The molecule has 0 bridgehead atoms. The Hall–Kier alpha value is -2.93. The van der Waals surface area contributed by atoms with Crippen LogP contribution in [0.4, 0.5) is 5.69 Å². The van der Waals surface area contributed by atoms with Crippen molar-refractivity contribution in [3.8, 4) is 0 Å². The van der Waals surface area contributed by atoms with Gasteiger partial charge in [-0.1, -0.05) is 24.6 Å². The number of nitrogens with one attached hydrogen (secondary N) is 1. The van der Waals surface area contributed by atoms with Gasteiger partial charge in [0, 0.05) is 18.0 Å². The molecule has 8 heteroatoms. The van der Waals surface area contributed by atoms with Crippen LogP contribution in [0.3, 0.4) is 0 Å². The third-order valence-electron chi connectivity index (χ3n) is 5.80. The molecule has 0 unspecified atom stereocenters. The monoisotopic (exact) mass is 426 g/mol. The molecule has 0 aliphatic heterocycles. The van der Waals surface area contributed by atoms with E-state index in [1.165, 1.54) is 6.07 Å². The molecule has 2 aromatic heterocycles. The number of carboxylic acids is 1. The average molecular weight is 427 g/mol. The van der Waals surface area contributed by atoms with Gasteiger partial charge < -0.3 is 10.4 Å². The predicted molar refractivity (Wildman–Crippen MR) is 117 cm³/mol. The van der Waals surface area contributed by atoms with E-state index in [2.05, 4.69) is 17.2 Å². The van der Waals surface area contributed by atoms with Gasteiger partial charge in [0.25, 0.3) is 5.56 Å². The van der Waals surface area contributed by atoms with Crippen LogP contribution in [0.15, 0.2) is 29.1 Å². The molecule has 2 heterocycles. The van der Waals surface area contributed by atoms with Crippen LogP contribution in [0.25, 0.3) is 10.9 Å². The van der Waals surface area contributed by atoms with E-state index in [1.54, 1.807) is 17.7 Å². The lowest BCUT2D eigenvalue weighted by Crippen LogP contribution is -2.27. The summed E-state index contributed by atoms with van der Waals surface area (Å²) in [5.41, 5.74) is 2.47. The molecule has 1 aromatic carbocycles. The number of hydrogen-bond acceptors (Lipinski definition) is 5. The maximum Gasteiger partial charge on any atom is 0.356 e. The molecule has 1 aliphatic carbocycles. The van der Waals surface area contributed by atoms with Gasteiger partial charge in [-0.05, 0) is 50.5 Å². The van der Waals surface area contributed by atoms with E-state index in [0.29, 0.717) is 16.6 Å². The second-order valence-electron chi connectivity index (χ2n) is 8.31. The van der Waals surface area contributed by atoms with Crippen LogP contribution in [-0.4, -0.2) is 25.6 Å². The normalized spacial score (nSPS) is 15.8. The number of carbonyl (C=O) groups is 1. The molecule has 1 saturated carbocycles. The molecule has 0 spiro atoms. The number of fused-ring (bicyclic) bond motifs is 1. The Balaban J connectivity index is 1.86. The summed E-state index contributed by atoms with van der Waals surface area (Å²) in [6, 6.07) is 6.66. The van der Waals surface area contributed by atoms with Gasteiger partial charge in [0.05, 0.1) is 22.6 Å². The summed E-state index contributed by atoms with van der Waals surface area (Å²) in [4.78, 5) is 33.5. The minimum atomic E-state index is -1.17. The molecule has 1 atom stereocenters. The third-order valence-corrected chi connectivity index (χ3v) is 6.01. The maximum atomic E-state index is 13.1. The van der Waals surface area contributed by atoms with Crippen LogP contribution in [0, 0.1) is 6.92 Å². The number of hydrogen-bond donors (Lipinski definition) is 2. The Morgan fingerprint density at radius 1 is 1.30 bits per heavy atom. The second kappa shape index (κ2) is 7.09. The molecule has 4 rings (SSSR count). The molecule has 3 aromatic rings. The van der Waals surface area contributed by atoms with E-state index in [1.807, 2.05) is 26.0 Å². The fourth-order valence-corrected chi connectivity index (χ4v) is 4.01. The average Bonchev–Trinajstić information content (AvgIpc) is 3.43. The highest BCUT2D eigenvalue weighted by Crippen LogP contribution is 2.46. The van der Waals surface area contributed by atoms with Crippen LogP contribution in [0.2, 0.25) is 5.15 Å².